The van der Waals surface area contributed by atoms with Crippen LogP contribution in [-0.2, 0) is 9.59 Å². The number of anilines is 2. The molecule has 2 amide bonds. The zero-order valence-corrected chi connectivity index (χ0v) is 15.4. The van der Waals surface area contributed by atoms with Gasteiger partial charge in [0.1, 0.15) is 11.8 Å². The lowest BCUT2D eigenvalue weighted by atomic mass is 10.1. The molecule has 140 valence electrons. The first kappa shape index (κ1) is 18.7. The smallest absolute Gasteiger partial charge is 0.256 e. The molecule has 1 heterocycles. The number of amides is 2. The van der Waals surface area contributed by atoms with Crippen LogP contribution in [-0.4, -0.2) is 30.9 Å². The molecule has 1 atom stereocenters. The summed E-state index contributed by atoms with van der Waals surface area (Å²) in [6.45, 7) is 1.77. The van der Waals surface area contributed by atoms with Gasteiger partial charge in [0.25, 0.3) is 5.91 Å². The Morgan fingerprint density at radius 2 is 1.93 bits per heavy atom. The number of carboxylic acid groups (broad SMARTS) is 1. The maximum atomic E-state index is 12.8. The Balaban J connectivity index is 1.85. The largest absolute Gasteiger partial charge is 0.545 e. The van der Waals surface area contributed by atoms with E-state index in [1.54, 1.807) is 19.1 Å². The van der Waals surface area contributed by atoms with Gasteiger partial charge in [-0.05, 0) is 36.2 Å². The van der Waals surface area contributed by atoms with Crippen molar-refractivity contribution in [2.75, 3.05) is 17.3 Å². The van der Waals surface area contributed by atoms with Gasteiger partial charge in [-0.15, -0.1) is 0 Å². The van der Waals surface area contributed by atoms with Gasteiger partial charge in [-0.25, -0.2) is 4.90 Å². The minimum Gasteiger partial charge on any atom is -0.545 e. The number of hydrogen-bond acceptors (Lipinski definition) is 6. The molecule has 3 rings (SSSR count). The highest BCUT2D eigenvalue weighted by atomic mass is 35.5. The third-order valence-electron chi connectivity index (χ3n) is 4.31. The molecular formula is C19H16ClN2O5-. The number of halogens is 1. The highest BCUT2D eigenvalue weighted by Gasteiger charge is 2.41. The number of aryl methyl sites for hydroxylation is 1. The number of rotatable bonds is 5. The molecule has 1 N–H and O–H groups in total. The molecule has 0 bridgehead atoms. The minimum atomic E-state index is -1.29. The molecule has 0 unspecified atom stereocenters. The van der Waals surface area contributed by atoms with Gasteiger partial charge in [0, 0.05) is 16.8 Å². The number of carbonyl (C=O) groups excluding carboxylic acids is 3. The summed E-state index contributed by atoms with van der Waals surface area (Å²) in [6, 6.07) is 8.18. The summed E-state index contributed by atoms with van der Waals surface area (Å²) in [6.07, 6.45) is -0.0358. The second kappa shape index (κ2) is 7.28. The third-order valence-corrected chi connectivity index (χ3v) is 4.72. The number of hydrogen-bond donors (Lipinski definition) is 1. The summed E-state index contributed by atoms with van der Waals surface area (Å²) < 4.78 is 5.27. The van der Waals surface area contributed by atoms with Crippen molar-refractivity contribution in [3.05, 3.63) is 52.5 Å². The normalized spacial score (nSPS) is 16.6. The molecule has 8 heteroatoms. The van der Waals surface area contributed by atoms with Crippen LogP contribution in [0.4, 0.5) is 11.4 Å². The summed E-state index contributed by atoms with van der Waals surface area (Å²) in [5.41, 5.74) is 1.60. The summed E-state index contributed by atoms with van der Waals surface area (Å²) in [5.74, 6) is -1.76. The maximum absolute atomic E-state index is 12.8. The van der Waals surface area contributed by atoms with Crippen LogP contribution in [0.3, 0.4) is 0 Å². The van der Waals surface area contributed by atoms with Gasteiger partial charge in [0.15, 0.2) is 0 Å². The van der Waals surface area contributed by atoms with E-state index in [-0.39, 0.29) is 17.9 Å². The van der Waals surface area contributed by atoms with Crippen molar-refractivity contribution >= 4 is 40.8 Å². The highest BCUT2D eigenvalue weighted by Crippen LogP contribution is 2.36. The molecule has 0 aromatic heterocycles. The SMILES string of the molecule is COc1cc(Cl)c(C)cc1N1C(=O)C[C@@H](Nc2ccc(C(=O)[O-])cc2)C1=O. The fraction of sp³-hybridized carbons (Fsp3) is 0.211. The van der Waals surface area contributed by atoms with Crippen molar-refractivity contribution in [3.8, 4) is 5.75 Å². The lowest BCUT2D eigenvalue weighted by Gasteiger charge is -2.20. The molecule has 0 saturated carbocycles. The Bertz CT molecular complexity index is 926. The molecule has 0 radical (unpaired) electrons. The summed E-state index contributed by atoms with van der Waals surface area (Å²) in [4.78, 5) is 37.2. The summed E-state index contributed by atoms with van der Waals surface area (Å²) in [5, 5.41) is 14.2. The van der Waals surface area contributed by atoms with Gasteiger partial charge in [-0.3, -0.25) is 9.59 Å². The lowest BCUT2D eigenvalue weighted by molar-refractivity contribution is -0.255. The van der Waals surface area contributed by atoms with E-state index in [4.69, 9.17) is 16.3 Å². The average Bonchev–Trinajstić information content (AvgIpc) is 2.91. The topological polar surface area (TPSA) is 98.8 Å². The van der Waals surface area contributed by atoms with Crippen LogP contribution in [0.2, 0.25) is 5.02 Å². The predicted octanol–water partition coefficient (Wildman–Crippen LogP) is 1.76. The molecule has 2 aromatic rings. The van der Waals surface area contributed by atoms with Crippen LogP contribution >= 0.6 is 11.6 Å². The Morgan fingerprint density at radius 3 is 2.52 bits per heavy atom. The number of nitrogens with zero attached hydrogens (tertiary/aromatic N) is 1. The summed E-state index contributed by atoms with van der Waals surface area (Å²) >= 11 is 6.09. The molecule has 1 fully saturated rings. The second-order valence-electron chi connectivity index (χ2n) is 6.11. The second-order valence-corrected chi connectivity index (χ2v) is 6.51. The van der Waals surface area contributed by atoms with E-state index in [2.05, 4.69) is 5.32 Å². The van der Waals surface area contributed by atoms with Gasteiger partial charge in [0.2, 0.25) is 5.91 Å². The Morgan fingerprint density at radius 1 is 1.26 bits per heavy atom. The van der Waals surface area contributed by atoms with E-state index in [1.165, 1.54) is 31.4 Å². The van der Waals surface area contributed by atoms with E-state index in [9.17, 15) is 19.5 Å². The summed E-state index contributed by atoms with van der Waals surface area (Å²) in [7, 11) is 1.43. The number of carboxylic acids is 1. The van der Waals surface area contributed by atoms with Crippen molar-refractivity contribution in [3.63, 3.8) is 0 Å². The highest BCUT2D eigenvalue weighted by molar-refractivity contribution is 6.32. The number of aromatic carboxylic acids is 1. The fourth-order valence-corrected chi connectivity index (χ4v) is 3.04. The fourth-order valence-electron chi connectivity index (χ4n) is 2.89. The molecule has 1 aliphatic heterocycles. The van der Waals surface area contributed by atoms with Crippen LogP contribution in [0, 0.1) is 6.92 Å². The maximum Gasteiger partial charge on any atom is 0.256 e. The minimum absolute atomic E-state index is 0.0253. The predicted molar refractivity (Wildman–Crippen MR) is 98.0 cm³/mol. The average molecular weight is 388 g/mol. The molecular weight excluding hydrogens is 372 g/mol. The van der Waals surface area contributed by atoms with E-state index < -0.39 is 17.9 Å². The molecule has 0 spiro atoms. The molecule has 1 saturated heterocycles. The number of benzene rings is 2. The molecule has 0 aliphatic carbocycles. The number of ether oxygens (including phenoxy) is 1. The van der Waals surface area contributed by atoms with Crippen molar-refractivity contribution in [2.24, 2.45) is 0 Å². The zero-order valence-electron chi connectivity index (χ0n) is 14.6. The molecule has 27 heavy (non-hydrogen) atoms. The zero-order chi connectivity index (χ0) is 19.7. The molecule has 7 nitrogen and oxygen atoms in total. The number of nitrogens with one attached hydrogen (secondary N) is 1. The van der Waals surface area contributed by atoms with Gasteiger partial charge < -0.3 is 20.0 Å². The van der Waals surface area contributed by atoms with Crippen LogP contribution in [0.25, 0.3) is 0 Å². The number of carbonyl (C=O) groups is 3. The standard InChI is InChI=1S/C19H17ClN2O5/c1-10-7-15(16(27-2)8-13(10)20)22-17(23)9-14(18(22)24)21-12-5-3-11(4-6-12)19(25)26/h3-8,14,21H,9H2,1-2H3,(H,25,26)/p-1/t14-/m1/s1. The third kappa shape index (κ3) is 3.59. The van der Waals surface area contributed by atoms with Crippen LogP contribution in [0.5, 0.6) is 5.75 Å². The quantitative estimate of drug-likeness (QED) is 0.785. The van der Waals surface area contributed by atoms with Crippen LogP contribution < -0.4 is 20.1 Å². The van der Waals surface area contributed by atoms with Crippen molar-refractivity contribution in [2.45, 2.75) is 19.4 Å². The van der Waals surface area contributed by atoms with Crippen LogP contribution in [0.15, 0.2) is 36.4 Å². The Kier molecular flexibility index (Phi) is 5.05. The van der Waals surface area contributed by atoms with Gasteiger partial charge >= 0.3 is 0 Å². The Hall–Kier alpha value is -3.06. The first-order valence-corrected chi connectivity index (χ1v) is 8.48. The Labute approximate surface area is 160 Å². The van der Waals surface area contributed by atoms with Gasteiger partial charge in [0.05, 0.1) is 25.2 Å². The molecule has 2 aromatic carbocycles. The lowest BCUT2D eigenvalue weighted by Crippen LogP contribution is -2.35. The van der Waals surface area contributed by atoms with Crippen LogP contribution in [0.1, 0.15) is 22.3 Å². The van der Waals surface area contributed by atoms with Gasteiger partial charge in [-0.1, -0.05) is 23.7 Å². The molecule has 1 aliphatic rings. The van der Waals surface area contributed by atoms with Crippen molar-refractivity contribution < 1.29 is 24.2 Å². The first-order chi connectivity index (χ1) is 12.8. The number of methoxy groups -OCH3 is 1. The van der Waals surface area contributed by atoms with Crippen molar-refractivity contribution in [1.29, 1.82) is 0 Å². The monoisotopic (exact) mass is 387 g/mol. The van der Waals surface area contributed by atoms with E-state index in [0.717, 1.165) is 4.90 Å². The van der Waals surface area contributed by atoms with E-state index in [1.807, 2.05) is 0 Å². The van der Waals surface area contributed by atoms with E-state index in [0.29, 0.717) is 27.7 Å². The van der Waals surface area contributed by atoms with Gasteiger partial charge in [-0.2, -0.15) is 0 Å². The number of imide groups is 1. The first-order valence-electron chi connectivity index (χ1n) is 8.10. The van der Waals surface area contributed by atoms with Crippen molar-refractivity contribution in [1.82, 2.24) is 0 Å². The van der Waals surface area contributed by atoms with E-state index >= 15 is 0 Å².